The summed E-state index contributed by atoms with van der Waals surface area (Å²) in [6.45, 7) is 5.73. The number of methoxy groups -OCH3 is 1. The van der Waals surface area contributed by atoms with Crippen molar-refractivity contribution in [2.24, 2.45) is 0 Å². The number of nitrogens with one attached hydrogen (secondary N) is 1. The lowest BCUT2D eigenvalue weighted by molar-refractivity contribution is -0.125. The van der Waals surface area contributed by atoms with Crippen molar-refractivity contribution in [2.75, 3.05) is 64.4 Å². The van der Waals surface area contributed by atoms with Crippen LogP contribution >= 0.6 is 0 Å². The van der Waals surface area contributed by atoms with Gasteiger partial charge in [0.05, 0.1) is 11.5 Å². The molecule has 0 saturated carbocycles. The number of ether oxygens (including phenoxy) is 1. The van der Waals surface area contributed by atoms with E-state index in [0.29, 0.717) is 5.57 Å². The van der Waals surface area contributed by atoms with Gasteiger partial charge in [0.2, 0.25) is 10.0 Å². The van der Waals surface area contributed by atoms with Crippen LogP contribution in [0.25, 0.3) is 11.1 Å². The van der Waals surface area contributed by atoms with Crippen molar-refractivity contribution in [2.45, 2.75) is 11.3 Å². The Bertz CT molecular complexity index is 1140. The van der Waals surface area contributed by atoms with Crippen LogP contribution in [-0.2, 0) is 19.6 Å². The van der Waals surface area contributed by atoms with E-state index in [1.54, 1.807) is 36.9 Å². The number of pyridine rings is 1. The van der Waals surface area contributed by atoms with E-state index in [9.17, 15) is 13.2 Å². The molecule has 0 radical (unpaired) electrons. The van der Waals surface area contributed by atoms with Gasteiger partial charge in [0.25, 0.3) is 5.91 Å². The Hall–Kier alpha value is -2.83. The number of hydrogen-bond donors (Lipinski definition) is 2. The first-order chi connectivity index (χ1) is 16.9. The molecule has 2 aliphatic rings. The van der Waals surface area contributed by atoms with Gasteiger partial charge in [-0.2, -0.15) is 4.31 Å². The summed E-state index contributed by atoms with van der Waals surface area (Å²) in [6, 6.07) is 10.8. The Morgan fingerprint density at radius 3 is 2.34 bits per heavy atom. The van der Waals surface area contributed by atoms with E-state index in [4.69, 9.17) is 9.94 Å². The third kappa shape index (κ3) is 5.88. The van der Waals surface area contributed by atoms with Crippen molar-refractivity contribution in [3.63, 3.8) is 0 Å². The number of carbonyl (C=O) groups is 1. The molecule has 0 atom stereocenters. The highest BCUT2D eigenvalue weighted by molar-refractivity contribution is 7.89. The predicted octanol–water partition coefficient (Wildman–Crippen LogP) is 1.34. The van der Waals surface area contributed by atoms with Gasteiger partial charge in [0, 0.05) is 70.3 Å². The third-order valence-electron chi connectivity index (χ3n) is 6.45. The molecule has 2 aliphatic heterocycles. The van der Waals surface area contributed by atoms with E-state index in [1.807, 2.05) is 18.3 Å². The number of sulfonamides is 1. The zero-order valence-corrected chi connectivity index (χ0v) is 20.6. The normalized spacial score (nSPS) is 17.8. The monoisotopic (exact) mass is 501 g/mol. The molecule has 1 amide bonds. The molecule has 11 heteroatoms. The molecular formula is C24H31N5O5S. The molecule has 4 rings (SSSR count). The SMILES string of the molecule is COCCN1CCN(c2ccc(-c3ccc(S(=O)(=O)N4CC=C(C(=O)NO)CC4)cc3)cn2)CC1. The standard InChI is InChI=1S/C24H31N5O5S/c1-34-17-16-27-12-14-28(15-13-27)23-7-4-21(18-25-23)19-2-5-22(6-3-19)35(32,33)29-10-8-20(9-11-29)24(30)26-31/h2-8,18,31H,9-17H2,1H3,(H,26,30). The molecule has 35 heavy (non-hydrogen) atoms. The molecular weight excluding hydrogens is 470 g/mol. The van der Waals surface area contributed by atoms with E-state index < -0.39 is 15.9 Å². The summed E-state index contributed by atoms with van der Waals surface area (Å²) < 4.78 is 32.5. The number of hydrogen-bond acceptors (Lipinski definition) is 8. The smallest absolute Gasteiger partial charge is 0.270 e. The maximum atomic E-state index is 13.0. The van der Waals surface area contributed by atoms with E-state index in [-0.39, 0.29) is 24.4 Å². The number of benzene rings is 1. The van der Waals surface area contributed by atoms with Crippen LogP contribution < -0.4 is 10.4 Å². The minimum atomic E-state index is -3.69. The van der Waals surface area contributed by atoms with Gasteiger partial charge in [-0.25, -0.2) is 18.9 Å². The molecule has 10 nitrogen and oxygen atoms in total. The highest BCUT2D eigenvalue weighted by atomic mass is 32.2. The summed E-state index contributed by atoms with van der Waals surface area (Å²) in [5.74, 6) is 0.335. The number of rotatable bonds is 8. The molecule has 1 saturated heterocycles. The fraction of sp³-hybridized carbons (Fsp3) is 0.417. The summed E-state index contributed by atoms with van der Waals surface area (Å²) >= 11 is 0. The van der Waals surface area contributed by atoms with Gasteiger partial charge in [0.15, 0.2) is 0 Å². The Morgan fingerprint density at radius 1 is 1.06 bits per heavy atom. The summed E-state index contributed by atoms with van der Waals surface area (Å²) in [4.78, 5) is 21.0. The molecule has 3 heterocycles. The minimum Gasteiger partial charge on any atom is -0.383 e. The van der Waals surface area contributed by atoms with Gasteiger partial charge in [-0.15, -0.1) is 0 Å². The van der Waals surface area contributed by atoms with Crippen molar-refractivity contribution in [1.29, 1.82) is 0 Å². The van der Waals surface area contributed by atoms with Crippen LogP contribution in [0, 0.1) is 0 Å². The average molecular weight is 502 g/mol. The molecule has 0 aliphatic carbocycles. The third-order valence-corrected chi connectivity index (χ3v) is 8.33. The summed E-state index contributed by atoms with van der Waals surface area (Å²) in [5.41, 5.74) is 3.75. The maximum Gasteiger partial charge on any atom is 0.270 e. The topological polar surface area (TPSA) is 115 Å². The Morgan fingerprint density at radius 2 is 1.77 bits per heavy atom. The first-order valence-electron chi connectivity index (χ1n) is 11.6. The van der Waals surface area contributed by atoms with Crippen LogP contribution in [0.3, 0.4) is 0 Å². The number of hydroxylamine groups is 1. The van der Waals surface area contributed by atoms with E-state index >= 15 is 0 Å². The highest BCUT2D eigenvalue weighted by Crippen LogP contribution is 2.26. The Kier molecular flexibility index (Phi) is 8.14. The van der Waals surface area contributed by atoms with Crippen molar-refractivity contribution in [3.8, 4) is 11.1 Å². The Balaban J connectivity index is 1.38. The molecule has 2 N–H and O–H groups in total. The van der Waals surface area contributed by atoms with Gasteiger partial charge < -0.3 is 9.64 Å². The molecule has 0 spiro atoms. The first kappa shape index (κ1) is 25.3. The molecule has 0 unspecified atom stereocenters. The zero-order valence-electron chi connectivity index (χ0n) is 19.8. The number of piperazine rings is 1. The number of amides is 1. The van der Waals surface area contributed by atoms with Crippen LogP contribution in [0.15, 0.2) is 59.1 Å². The summed E-state index contributed by atoms with van der Waals surface area (Å²) in [6.07, 6.45) is 3.58. The second-order valence-corrected chi connectivity index (χ2v) is 10.5. The first-order valence-corrected chi connectivity index (χ1v) is 13.0. The van der Waals surface area contributed by atoms with E-state index in [0.717, 1.165) is 56.3 Å². The number of nitrogens with zero attached hydrogens (tertiary/aromatic N) is 4. The summed E-state index contributed by atoms with van der Waals surface area (Å²) in [7, 11) is -1.97. The average Bonchev–Trinajstić information content (AvgIpc) is 2.92. The van der Waals surface area contributed by atoms with Gasteiger partial charge in [-0.1, -0.05) is 18.2 Å². The molecule has 1 aromatic carbocycles. The minimum absolute atomic E-state index is 0.0822. The molecule has 1 fully saturated rings. The summed E-state index contributed by atoms with van der Waals surface area (Å²) in [5, 5.41) is 8.74. The maximum absolute atomic E-state index is 13.0. The molecule has 2 aromatic rings. The van der Waals surface area contributed by atoms with Crippen LogP contribution in [-0.4, -0.2) is 93.3 Å². The second kappa shape index (κ2) is 11.3. The van der Waals surface area contributed by atoms with Crippen LogP contribution in [0.5, 0.6) is 0 Å². The molecule has 0 bridgehead atoms. The Labute approximate surface area is 205 Å². The van der Waals surface area contributed by atoms with Crippen LogP contribution in [0.2, 0.25) is 0 Å². The lowest BCUT2D eigenvalue weighted by atomic mass is 10.1. The number of carbonyl (C=O) groups excluding carboxylic acids is 1. The quantitative estimate of drug-likeness (QED) is 0.411. The zero-order chi connectivity index (χ0) is 24.8. The largest absolute Gasteiger partial charge is 0.383 e. The van der Waals surface area contributed by atoms with Gasteiger partial charge in [0.1, 0.15) is 5.82 Å². The van der Waals surface area contributed by atoms with Crippen LogP contribution in [0.1, 0.15) is 6.42 Å². The van der Waals surface area contributed by atoms with Gasteiger partial charge in [-0.3, -0.25) is 14.9 Å². The van der Waals surface area contributed by atoms with Crippen molar-refractivity contribution in [1.82, 2.24) is 19.7 Å². The van der Waals surface area contributed by atoms with E-state index in [2.05, 4.69) is 14.8 Å². The van der Waals surface area contributed by atoms with Crippen LogP contribution in [0.4, 0.5) is 5.82 Å². The highest BCUT2D eigenvalue weighted by Gasteiger charge is 2.27. The van der Waals surface area contributed by atoms with Gasteiger partial charge >= 0.3 is 0 Å². The van der Waals surface area contributed by atoms with E-state index in [1.165, 1.54) is 10.4 Å². The van der Waals surface area contributed by atoms with Crippen molar-refractivity contribution >= 4 is 21.7 Å². The molecule has 1 aromatic heterocycles. The number of anilines is 1. The molecule has 188 valence electrons. The van der Waals surface area contributed by atoms with Crippen molar-refractivity contribution < 1.29 is 23.2 Å². The van der Waals surface area contributed by atoms with Gasteiger partial charge in [-0.05, 0) is 36.2 Å². The lowest BCUT2D eigenvalue weighted by Crippen LogP contribution is -2.47. The van der Waals surface area contributed by atoms with Crippen molar-refractivity contribution in [3.05, 3.63) is 54.2 Å². The second-order valence-electron chi connectivity index (χ2n) is 8.53. The predicted molar refractivity (Wildman–Crippen MR) is 132 cm³/mol. The fourth-order valence-electron chi connectivity index (χ4n) is 4.28. The number of aromatic nitrogens is 1. The fourth-order valence-corrected chi connectivity index (χ4v) is 5.66. The lowest BCUT2D eigenvalue weighted by Gasteiger charge is -2.35.